The van der Waals surface area contributed by atoms with Gasteiger partial charge in [0.05, 0.1) is 6.10 Å². The van der Waals surface area contributed by atoms with E-state index in [2.05, 4.69) is 0 Å². The SMILES string of the molecule is COCOC1C=CC(=O)CCC1. The van der Waals surface area contributed by atoms with E-state index in [1.807, 2.05) is 6.08 Å². The van der Waals surface area contributed by atoms with Crippen molar-refractivity contribution in [2.45, 2.75) is 25.4 Å². The maximum atomic E-state index is 10.9. The smallest absolute Gasteiger partial charge is 0.155 e. The maximum absolute atomic E-state index is 10.9. The number of hydrogen-bond acceptors (Lipinski definition) is 3. The number of carbonyl (C=O) groups excluding carboxylic acids is 1. The average Bonchev–Trinajstić information content (AvgIpc) is 2.27. The van der Waals surface area contributed by atoms with Crippen LogP contribution < -0.4 is 0 Å². The Kier molecular flexibility index (Phi) is 3.97. The summed E-state index contributed by atoms with van der Waals surface area (Å²) in [7, 11) is 1.59. The van der Waals surface area contributed by atoms with E-state index in [1.165, 1.54) is 0 Å². The summed E-state index contributed by atoms with van der Waals surface area (Å²) in [5.41, 5.74) is 0. The van der Waals surface area contributed by atoms with Gasteiger partial charge >= 0.3 is 0 Å². The first-order chi connectivity index (χ1) is 5.83. The molecular formula is C9H14O3. The van der Waals surface area contributed by atoms with Gasteiger partial charge < -0.3 is 9.47 Å². The van der Waals surface area contributed by atoms with Crippen molar-refractivity contribution in [3.8, 4) is 0 Å². The Morgan fingerprint density at radius 3 is 3.25 bits per heavy atom. The molecule has 1 atom stereocenters. The molecule has 1 aliphatic rings. The molecule has 0 N–H and O–H groups in total. The number of methoxy groups -OCH3 is 1. The molecule has 0 fully saturated rings. The van der Waals surface area contributed by atoms with E-state index in [0.717, 1.165) is 12.8 Å². The first-order valence-corrected chi connectivity index (χ1v) is 4.14. The molecule has 0 radical (unpaired) electrons. The Hall–Kier alpha value is -0.670. The highest BCUT2D eigenvalue weighted by atomic mass is 16.7. The van der Waals surface area contributed by atoms with Gasteiger partial charge in [0, 0.05) is 13.5 Å². The highest BCUT2D eigenvalue weighted by Crippen LogP contribution is 2.11. The van der Waals surface area contributed by atoms with E-state index in [4.69, 9.17) is 9.47 Å². The van der Waals surface area contributed by atoms with Gasteiger partial charge in [0.2, 0.25) is 0 Å². The van der Waals surface area contributed by atoms with Gasteiger partial charge in [-0.15, -0.1) is 0 Å². The topological polar surface area (TPSA) is 35.5 Å². The molecule has 0 aromatic rings. The predicted molar refractivity (Wildman–Crippen MR) is 44.7 cm³/mol. The van der Waals surface area contributed by atoms with E-state index in [1.54, 1.807) is 13.2 Å². The first kappa shape index (κ1) is 9.42. The lowest BCUT2D eigenvalue weighted by Crippen LogP contribution is -2.10. The molecule has 1 aliphatic carbocycles. The van der Waals surface area contributed by atoms with Crippen LogP contribution in [0.2, 0.25) is 0 Å². The van der Waals surface area contributed by atoms with Gasteiger partial charge in [-0.2, -0.15) is 0 Å². The molecular weight excluding hydrogens is 156 g/mol. The second kappa shape index (κ2) is 5.06. The highest BCUT2D eigenvalue weighted by molar-refractivity contribution is 5.89. The summed E-state index contributed by atoms with van der Waals surface area (Å²) < 4.78 is 10.1. The zero-order chi connectivity index (χ0) is 8.81. The van der Waals surface area contributed by atoms with Gasteiger partial charge in [-0.05, 0) is 18.9 Å². The summed E-state index contributed by atoms with van der Waals surface area (Å²) in [6.45, 7) is 0.295. The molecule has 3 nitrogen and oxygen atoms in total. The van der Waals surface area contributed by atoms with Gasteiger partial charge in [-0.25, -0.2) is 0 Å². The van der Waals surface area contributed by atoms with Crippen LogP contribution in [-0.2, 0) is 14.3 Å². The molecule has 0 spiro atoms. The second-order valence-corrected chi connectivity index (χ2v) is 2.83. The van der Waals surface area contributed by atoms with Gasteiger partial charge in [-0.1, -0.05) is 6.08 Å². The van der Waals surface area contributed by atoms with Gasteiger partial charge in [0.25, 0.3) is 0 Å². The van der Waals surface area contributed by atoms with Crippen molar-refractivity contribution in [3.63, 3.8) is 0 Å². The minimum Gasteiger partial charge on any atom is -0.359 e. The first-order valence-electron chi connectivity index (χ1n) is 4.14. The third kappa shape index (κ3) is 3.15. The summed E-state index contributed by atoms with van der Waals surface area (Å²) in [5, 5.41) is 0. The molecule has 0 saturated carbocycles. The molecule has 0 aromatic carbocycles. The zero-order valence-corrected chi connectivity index (χ0v) is 7.29. The minimum absolute atomic E-state index is 0.0522. The van der Waals surface area contributed by atoms with Crippen LogP contribution in [-0.4, -0.2) is 25.8 Å². The Balaban J connectivity index is 2.33. The summed E-state index contributed by atoms with van der Waals surface area (Å²) in [6.07, 6.45) is 5.92. The van der Waals surface area contributed by atoms with Crippen LogP contribution in [0, 0.1) is 0 Å². The number of allylic oxidation sites excluding steroid dienone is 1. The fourth-order valence-corrected chi connectivity index (χ4v) is 1.17. The zero-order valence-electron chi connectivity index (χ0n) is 7.29. The normalized spacial score (nSPS) is 24.1. The van der Waals surface area contributed by atoms with E-state index < -0.39 is 0 Å². The van der Waals surface area contributed by atoms with Crippen molar-refractivity contribution >= 4 is 5.78 Å². The molecule has 1 unspecified atom stereocenters. The molecule has 0 aromatic heterocycles. The van der Waals surface area contributed by atoms with Crippen LogP contribution in [0.4, 0.5) is 0 Å². The fraction of sp³-hybridized carbons (Fsp3) is 0.667. The number of hydrogen-bond donors (Lipinski definition) is 0. The lowest BCUT2D eigenvalue weighted by atomic mass is 10.2. The molecule has 3 heteroatoms. The Morgan fingerprint density at radius 2 is 2.50 bits per heavy atom. The van der Waals surface area contributed by atoms with Crippen LogP contribution in [0.15, 0.2) is 12.2 Å². The minimum atomic E-state index is 0.0522. The largest absolute Gasteiger partial charge is 0.359 e. The predicted octanol–water partition coefficient (Wildman–Crippen LogP) is 1.28. The second-order valence-electron chi connectivity index (χ2n) is 2.83. The molecule has 12 heavy (non-hydrogen) atoms. The summed E-state index contributed by atoms with van der Waals surface area (Å²) in [6, 6.07) is 0. The fourth-order valence-electron chi connectivity index (χ4n) is 1.17. The summed E-state index contributed by atoms with van der Waals surface area (Å²) in [4.78, 5) is 10.9. The molecule has 0 heterocycles. The molecule has 0 amide bonds. The van der Waals surface area contributed by atoms with Crippen molar-refractivity contribution in [2.75, 3.05) is 13.9 Å². The lowest BCUT2D eigenvalue weighted by Gasteiger charge is -2.10. The third-order valence-electron chi connectivity index (χ3n) is 1.81. The maximum Gasteiger partial charge on any atom is 0.155 e. The van der Waals surface area contributed by atoms with Crippen LogP contribution in [0.25, 0.3) is 0 Å². The standard InChI is InChI=1S/C9H14O3/c1-11-7-12-9-4-2-3-8(10)5-6-9/h5-6,9H,2-4,7H2,1H3. The number of rotatable bonds is 3. The van der Waals surface area contributed by atoms with Crippen LogP contribution in [0.5, 0.6) is 0 Å². The summed E-state index contributed by atoms with van der Waals surface area (Å²) in [5.74, 6) is 0.193. The molecule has 0 aliphatic heterocycles. The monoisotopic (exact) mass is 170 g/mol. The number of carbonyl (C=O) groups is 1. The van der Waals surface area contributed by atoms with Crippen LogP contribution in [0.1, 0.15) is 19.3 Å². The Bertz CT molecular complexity index is 175. The van der Waals surface area contributed by atoms with E-state index in [0.29, 0.717) is 13.2 Å². The van der Waals surface area contributed by atoms with Crippen molar-refractivity contribution < 1.29 is 14.3 Å². The van der Waals surface area contributed by atoms with Crippen LogP contribution >= 0.6 is 0 Å². The Morgan fingerprint density at radius 1 is 1.67 bits per heavy atom. The van der Waals surface area contributed by atoms with E-state index in [-0.39, 0.29) is 11.9 Å². The van der Waals surface area contributed by atoms with Crippen LogP contribution in [0.3, 0.4) is 0 Å². The lowest BCUT2D eigenvalue weighted by molar-refractivity contribution is -0.114. The quantitative estimate of drug-likeness (QED) is 0.598. The number of ether oxygens (including phenoxy) is 2. The molecule has 68 valence electrons. The molecule has 0 bridgehead atoms. The van der Waals surface area contributed by atoms with Gasteiger partial charge in [0.1, 0.15) is 6.79 Å². The average molecular weight is 170 g/mol. The van der Waals surface area contributed by atoms with Crippen molar-refractivity contribution in [1.82, 2.24) is 0 Å². The van der Waals surface area contributed by atoms with E-state index >= 15 is 0 Å². The third-order valence-corrected chi connectivity index (χ3v) is 1.81. The van der Waals surface area contributed by atoms with E-state index in [9.17, 15) is 4.79 Å². The highest BCUT2D eigenvalue weighted by Gasteiger charge is 2.10. The Labute approximate surface area is 72.4 Å². The van der Waals surface area contributed by atoms with Crippen molar-refractivity contribution in [2.24, 2.45) is 0 Å². The molecule has 1 rings (SSSR count). The van der Waals surface area contributed by atoms with Crippen molar-refractivity contribution in [1.29, 1.82) is 0 Å². The number of ketones is 1. The summed E-state index contributed by atoms with van der Waals surface area (Å²) >= 11 is 0. The van der Waals surface area contributed by atoms with Gasteiger partial charge in [-0.3, -0.25) is 4.79 Å². The van der Waals surface area contributed by atoms with Crippen molar-refractivity contribution in [3.05, 3.63) is 12.2 Å². The van der Waals surface area contributed by atoms with Gasteiger partial charge in [0.15, 0.2) is 5.78 Å². The molecule has 0 saturated heterocycles.